The molecule has 0 saturated heterocycles. The highest BCUT2D eigenvalue weighted by molar-refractivity contribution is 6.34. The van der Waals surface area contributed by atoms with Gasteiger partial charge in [-0.05, 0) is 48.0 Å². The van der Waals surface area contributed by atoms with Crippen molar-refractivity contribution in [1.29, 1.82) is 0 Å². The molecule has 2 N–H and O–H groups in total. The van der Waals surface area contributed by atoms with Crippen LogP contribution in [0.5, 0.6) is 0 Å². The maximum Gasteiger partial charge on any atom is 0.371 e. The number of halogens is 2. The second-order valence-electron chi connectivity index (χ2n) is 4.91. The Labute approximate surface area is 148 Å². The summed E-state index contributed by atoms with van der Waals surface area (Å²) >= 11 is 12.0. The van der Waals surface area contributed by atoms with Crippen molar-refractivity contribution in [3.8, 4) is 0 Å². The summed E-state index contributed by atoms with van der Waals surface area (Å²) in [4.78, 5) is 22.0. The van der Waals surface area contributed by atoms with E-state index >= 15 is 0 Å². The fourth-order valence-electron chi connectivity index (χ4n) is 2.03. The van der Waals surface area contributed by atoms with Crippen LogP contribution in [0.3, 0.4) is 0 Å². The molecular formula is C17H13Cl2NO4. The van der Waals surface area contributed by atoms with Gasteiger partial charge in [0.2, 0.25) is 5.76 Å². The molecule has 5 nitrogen and oxygen atoms in total. The van der Waals surface area contributed by atoms with Crippen molar-refractivity contribution in [2.24, 2.45) is 0 Å². The lowest BCUT2D eigenvalue weighted by atomic mass is 10.2. The SMILES string of the molecule is O=C(/C=C(\O)C(=O)O)/C=C/c1cccn1Cc1cc(Cl)cc(Cl)c1. The maximum absolute atomic E-state index is 11.6. The topological polar surface area (TPSA) is 79.5 Å². The van der Waals surface area contributed by atoms with Crippen molar-refractivity contribution in [2.75, 3.05) is 0 Å². The molecule has 1 heterocycles. The van der Waals surface area contributed by atoms with Crippen LogP contribution in [-0.2, 0) is 16.1 Å². The molecule has 0 spiro atoms. The van der Waals surface area contributed by atoms with Gasteiger partial charge in [0.25, 0.3) is 0 Å². The molecular weight excluding hydrogens is 353 g/mol. The number of hydrogen-bond donors (Lipinski definition) is 2. The number of ketones is 1. The minimum Gasteiger partial charge on any atom is -0.502 e. The van der Waals surface area contributed by atoms with Gasteiger partial charge in [0.05, 0.1) is 0 Å². The number of hydrogen-bond acceptors (Lipinski definition) is 3. The van der Waals surface area contributed by atoms with Crippen LogP contribution in [0.2, 0.25) is 10.0 Å². The highest BCUT2D eigenvalue weighted by Gasteiger charge is 2.06. The Morgan fingerprint density at radius 2 is 1.79 bits per heavy atom. The van der Waals surface area contributed by atoms with Gasteiger partial charge in [0.1, 0.15) is 0 Å². The molecule has 0 bridgehead atoms. The second kappa shape index (κ2) is 7.86. The van der Waals surface area contributed by atoms with E-state index in [-0.39, 0.29) is 0 Å². The molecule has 0 fully saturated rings. The minimum absolute atomic E-state index is 0.497. The standard InChI is InChI=1S/C17H13Cl2NO4/c18-12-6-11(7-13(19)8-12)10-20-5-1-2-14(20)3-4-15(21)9-16(22)17(23)24/h1-9,22H,10H2,(H,23,24)/b4-3+,16-9-. The number of carbonyl (C=O) groups excluding carboxylic acids is 1. The van der Waals surface area contributed by atoms with E-state index in [4.69, 9.17) is 33.4 Å². The van der Waals surface area contributed by atoms with E-state index in [1.54, 1.807) is 30.3 Å². The molecule has 0 aliphatic heterocycles. The Hall–Kier alpha value is -2.50. The predicted molar refractivity (Wildman–Crippen MR) is 92.4 cm³/mol. The zero-order valence-corrected chi connectivity index (χ0v) is 13.8. The number of aliphatic carboxylic acids is 1. The lowest BCUT2D eigenvalue weighted by Gasteiger charge is -2.08. The molecule has 24 heavy (non-hydrogen) atoms. The monoisotopic (exact) mass is 365 g/mol. The fourth-order valence-corrected chi connectivity index (χ4v) is 2.60. The normalized spacial score (nSPS) is 11.8. The van der Waals surface area contributed by atoms with Gasteiger partial charge in [-0.2, -0.15) is 0 Å². The molecule has 0 saturated carbocycles. The van der Waals surface area contributed by atoms with Crippen LogP contribution in [0.25, 0.3) is 6.08 Å². The van der Waals surface area contributed by atoms with Crippen LogP contribution in [0, 0.1) is 0 Å². The van der Waals surface area contributed by atoms with Gasteiger partial charge in [-0.3, -0.25) is 4.79 Å². The van der Waals surface area contributed by atoms with Gasteiger partial charge < -0.3 is 14.8 Å². The van der Waals surface area contributed by atoms with E-state index in [1.807, 2.05) is 10.8 Å². The smallest absolute Gasteiger partial charge is 0.371 e. The third-order valence-corrected chi connectivity index (χ3v) is 3.49. The van der Waals surface area contributed by atoms with E-state index in [0.29, 0.717) is 22.7 Å². The molecule has 7 heteroatoms. The van der Waals surface area contributed by atoms with Crippen LogP contribution in [0.4, 0.5) is 0 Å². The molecule has 0 aliphatic carbocycles. The van der Waals surface area contributed by atoms with Crippen LogP contribution >= 0.6 is 23.2 Å². The van der Waals surface area contributed by atoms with Crippen LogP contribution in [0.15, 0.2) is 54.4 Å². The number of rotatable bonds is 6. The second-order valence-corrected chi connectivity index (χ2v) is 5.78. The molecule has 1 aromatic heterocycles. The Morgan fingerprint density at radius 3 is 2.42 bits per heavy atom. The molecule has 0 radical (unpaired) electrons. The number of nitrogens with zero attached hydrogens (tertiary/aromatic N) is 1. The number of carboxylic acids is 1. The number of carbonyl (C=O) groups is 2. The maximum atomic E-state index is 11.6. The first-order chi connectivity index (χ1) is 11.3. The molecule has 0 unspecified atom stereocenters. The van der Waals surface area contributed by atoms with Crippen LogP contribution < -0.4 is 0 Å². The predicted octanol–water partition coefficient (Wildman–Crippen LogP) is 3.95. The molecule has 1 aromatic carbocycles. The lowest BCUT2D eigenvalue weighted by Crippen LogP contribution is -2.02. The van der Waals surface area contributed by atoms with Crippen molar-refractivity contribution < 1.29 is 19.8 Å². The van der Waals surface area contributed by atoms with Gasteiger partial charge >= 0.3 is 5.97 Å². The zero-order valence-electron chi connectivity index (χ0n) is 12.3. The molecule has 2 rings (SSSR count). The summed E-state index contributed by atoms with van der Waals surface area (Å²) < 4.78 is 1.87. The Kier molecular flexibility index (Phi) is 5.84. The van der Waals surface area contributed by atoms with E-state index in [0.717, 1.165) is 11.3 Å². The van der Waals surface area contributed by atoms with Gasteiger partial charge in [0.15, 0.2) is 5.78 Å². The fraction of sp³-hybridized carbons (Fsp3) is 0.0588. The zero-order chi connectivity index (χ0) is 17.7. The lowest BCUT2D eigenvalue weighted by molar-refractivity contribution is -0.135. The van der Waals surface area contributed by atoms with E-state index in [9.17, 15) is 9.59 Å². The number of benzene rings is 1. The number of aliphatic hydroxyl groups excluding tert-OH is 1. The average Bonchev–Trinajstić information content (AvgIpc) is 2.91. The van der Waals surface area contributed by atoms with Gasteiger partial charge in [0, 0.05) is 34.6 Å². The van der Waals surface area contributed by atoms with E-state index < -0.39 is 17.5 Å². The molecule has 0 aliphatic rings. The molecule has 2 aromatic rings. The first kappa shape index (κ1) is 17.8. The van der Waals surface area contributed by atoms with Crippen molar-refractivity contribution in [2.45, 2.75) is 6.54 Å². The van der Waals surface area contributed by atoms with Crippen molar-refractivity contribution >= 4 is 41.0 Å². The van der Waals surface area contributed by atoms with E-state index in [1.165, 1.54) is 12.2 Å². The van der Waals surface area contributed by atoms with Crippen LogP contribution in [-0.4, -0.2) is 26.5 Å². The average molecular weight is 366 g/mol. The highest BCUT2D eigenvalue weighted by Crippen LogP contribution is 2.20. The Bertz CT molecular complexity index is 817. The van der Waals surface area contributed by atoms with Gasteiger partial charge in [-0.25, -0.2) is 4.79 Å². The number of aromatic nitrogens is 1. The third-order valence-electron chi connectivity index (χ3n) is 3.06. The third kappa shape index (κ3) is 5.01. The van der Waals surface area contributed by atoms with Crippen molar-refractivity contribution in [3.63, 3.8) is 0 Å². The first-order valence-corrected chi connectivity index (χ1v) is 7.57. The Balaban J connectivity index is 2.15. The number of carboxylic acid groups (broad SMARTS) is 1. The van der Waals surface area contributed by atoms with Crippen molar-refractivity contribution in [1.82, 2.24) is 4.57 Å². The van der Waals surface area contributed by atoms with Crippen molar-refractivity contribution in [3.05, 3.63) is 75.7 Å². The van der Waals surface area contributed by atoms with Gasteiger partial charge in [-0.15, -0.1) is 0 Å². The minimum atomic E-state index is -1.56. The largest absolute Gasteiger partial charge is 0.502 e. The molecule has 124 valence electrons. The summed E-state index contributed by atoms with van der Waals surface area (Å²) in [5.41, 5.74) is 1.62. The summed E-state index contributed by atoms with van der Waals surface area (Å²) in [6.07, 6.45) is 5.17. The van der Waals surface area contributed by atoms with Crippen LogP contribution in [0.1, 0.15) is 11.3 Å². The molecule has 0 atom stereocenters. The van der Waals surface area contributed by atoms with E-state index in [2.05, 4.69) is 0 Å². The summed E-state index contributed by atoms with van der Waals surface area (Å²) in [5, 5.41) is 18.6. The van der Waals surface area contributed by atoms with Gasteiger partial charge in [-0.1, -0.05) is 23.2 Å². The quantitative estimate of drug-likeness (QED) is 0.599. The Morgan fingerprint density at radius 1 is 1.12 bits per heavy atom. The molecule has 0 amide bonds. The number of aliphatic hydroxyl groups is 1. The summed E-state index contributed by atoms with van der Waals surface area (Å²) in [5.74, 6) is -3.19. The summed E-state index contributed by atoms with van der Waals surface area (Å²) in [6, 6.07) is 8.82. The first-order valence-electron chi connectivity index (χ1n) is 6.81. The summed E-state index contributed by atoms with van der Waals surface area (Å²) in [7, 11) is 0. The highest BCUT2D eigenvalue weighted by atomic mass is 35.5. The number of allylic oxidation sites excluding steroid dienone is 2. The summed E-state index contributed by atoms with van der Waals surface area (Å²) in [6.45, 7) is 0.497.